The minimum Gasteiger partial charge on any atom is -0.497 e. The summed E-state index contributed by atoms with van der Waals surface area (Å²) in [6.45, 7) is 9.06. The Kier molecular flexibility index (Phi) is 18.1. The van der Waals surface area contributed by atoms with Gasteiger partial charge in [-0.15, -0.1) is 0 Å². The average molecular weight is 1160 g/mol. The third-order valence-corrected chi connectivity index (χ3v) is 21.2. The zero-order chi connectivity index (χ0) is 57.5. The molecule has 7 aromatic rings. The van der Waals surface area contributed by atoms with E-state index in [1.807, 2.05) is 84.9 Å². The van der Waals surface area contributed by atoms with Crippen LogP contribution in [0.4, 0.5) is 11.6 Å². The molecule has 2 fully saturated rings. The van der Waals surface area contributed by atoms with E-state index in [2.05, 4.69) is 54.5 Å². The summed E-state index contributed by atoms with van der Waals surface area (Å²) >= 11 is 6.25. The highest BCUT2D eigenvalue weighted by Crippen LogP contribution is 2.51. The number of amides is 2. The van der Waals surface area contributed by atoms with E-state index in [1.165, 1.54) is 21.4 Å². The van der Waals surface area contributed by atoms with Gasteiger partial charge in [0.15, 0.2) is 14.8 Å². The molecule has 0 bridgehead atoms. The Labute approximate surface area is 477 Å². The summed E-state index contributed by atoms with van der Waals surface area (Å²) < 4.78 is 55.3. The molecule has 7 atom stereocenters. The monoisotopic (exact) mass is 1150 g/mol. The fourth-order valence-electron chi connectivity index (χ4n) is 9.56. The smallest absolute Gasteiger partial charge is 0.351 e. The minimum absolute atomic E-state index is 0.0548. The minimum atomic E-state index is -3.25. The number of carbonyl (C=O) groups excluding carboxylic acids is 2. The second kappa shape index (κ2) is 25.0. The average Bonchev–Trinajstić information content (AvgIpc) is 4.17. The van der Waals surface area contributed by atoms with Gasteiger partial charge in [-0.05, 0) is 107 Å². The number of aromatic nitrogens is 4. The summed E-state index contributed by atoms with van der Waals surface area (Å²) in [5, 5.41) is 5.24. The van der Waals surface area contributed by atoms with E-state index in [0.29, 0.717) is 29.0 Å². The maximum absolute atomic E-state index is 13.9. The number of rotatable bonds is 21. The summed E-state index contributed by atoms with van der Waals surface area (Å²) in [5.74, 6) is 0.660. The SMILES string of the molecule is COc1ccc(C(OC[C@H]2O[C@@H](n3ccc(NC(=O)c4ccccc4)nc3=O)C[C@@H]2OP(C)(=S)OC[C@H]2O[C@@H](n3ccc(NC(=O)c4ccccc4)nc3=O)C[C@@H]2O[Si](C)(C)C(C)(C)C)(c2ccccc2)c2ccc(OC)cc2)cc1. The van der Waals surface area contributed by atoms with Gasteiger partial charge in [-0.2, -0.15) is 9.97 Å². The molecule has 18 nitrogen and oxygen atoms in total. The van der Waals surface area contributed by atoms with Gasteiger partial charge in [0.25, 0.3) is 11.8 Å². The first-order valence-electron chi connectivity index (χ1n) is 26.5. The molecule has 2 saturated heterocycles. The molecule has 5 aromatic carbocycles. The van der Waals surface area contributed by atoms with Crippen LogP contribution in [0.5, 0.6) is 11.5 Å². The maximum Gasteiger partial charge on any atom is 0.351 e. The van der Waals surface area contributed by atoms with Gasteiger partial charge < -0.3 is 47.8 Å². The van der Waals surface area contributed by atoms with Crippen molar-refractivity contribution in [1.82, 2.24) is 19.1 Å². The molecular weight excluding hydrogens is 1090 g/mol. The van der Waals surface area contributed by atoms with Crippen molar-refractivity contribution in [3.63, 3.8) is 0 Å². The third-order valence-electron chi connectivity index (χ3n) is 14.9. The molecule has 424 valence electrons. The van der Waals surface area contributed by atoms with Crippen molar-refractivity contribution in [3.05, 3.63) is 213 Å². The van der Waals surface area contributed by atoms with Crippen LogP contribution in [0.1, 0.15) is 83.5 Å². The number of hydrogen-bond donors (Lipinski definition) is 2. The molecule has 1 unspecified atom stereocenters. The molecular formula is C60H67N6O12PSSi. The van der Waals surface area contributed by atoms with Gasteiger partial charge in [-0.3, -0.25) is 18.7 Å². The Hall–Kier alpha value is -6.97. The van der Waals surface area contributed by atoms with Gasteiger partial charge in [0.05, 0.1) is 39.6 Å². The van der Waals surface area contributed by atoms with Crippen LogP contribution in [0.3, 0.4) is 0 Å². The highest BCUT2D eigenvalue weighted by Gasteiger charge is 2.48. The van der Waals surface area contributed by atoms with Gasteiger partial charge in [-0.1, -0.05) is 112 Å². The van der Waals surface area contributed by atoms with E-state index < -0.39 is 80.5 Å². The molecule has 9 rings (SSSR count). The molecule has 2 aromatic heterocycles. The van der Waals surface area contributed by atoms with Crippen LogP contribution >= 0.6 is 6.49 Å². The van der Waals surface area contributed by atoms with Crippen LogP contribution in [0.15, 0.2) is 174 Å². The topological polar surface area (TPSA) is 202 Å². The number of anilines is 2. The van der Waals surface area contributed by atoms with Crippen LogP contribution in [0, 0.1) is 0 Å². The number of ether oxygens (including phenoxy) is 5. The van der Waals surface area contributed by atoms with E-state index in [9.17, 15) is 19.2 Å². The molecule has 4 heterocycles. The summed E-state index contributed by atoms with van der Waals surface area (Å²) in [6.07, 6.45) is -1.10. The highest BCUT2D eigenvalue weighted by molar-refractivity contribution is 8.09. The van der Waals surface area contributed by atoms with Gasteiger partial charge in [-0.25, -0.2) is 9.59 Å². The van der Waals surface area contributed by atoms with Crippen LogP contribution in [0.25, 0.3) is 0 Å². The Morgan fingerprint density at radius 2 is 1.05 bits per heavy atom. The summed E-state index contributed by atoms with van der Waals surface area (Å²) in [6, 6.07) is 45.5. The van der Waals surface area contributed by atoms with E-state index >= 15 is 0 Å². The van der Waals surface area contributed by atoms with Crippen molar-refractivity contribution in [2.45, 2.75) is 94.2 Å². The standard InChI is InChI=1S/C60H67N6O12PSSi/c1-59(2,3)81(7,8)78-48-37-54(66-35-33-52(64-58(66)70)62-56(68)41-20-14-10-15-21-41)76-50(48)39-74-79(6,80)77-47-36-53(65-34-32-51(63-57(65)69)61-55(67)40-18-12-9-13-19-40)75-49(47)38-73-60(42-22-16-11-17-23-42,43-24-28-45(71-4)29-25-43)44-26-30-46(72-5)31-27-44/h9-35,47-50,53-54H,36-39H2,1-8H3,(H,61,63,67,69)(H,62,64,68,70)/t47-,48-,49+,50+,53+,54+,79?/m0/s1. The van der Waals surface area contributed by atoms with Crippen molar-refractivity contribution >= 4 is 50.1 Å². The Bertz CT molecular complexity index is 3410. The van der Waals surface area contributed by atoms with Crippen molar-refractivity contribution in [1.29, 1.82) is 0 Å². The number of nitrogens with one attached hydrogen (secondary N) is 2. The molecule has 2 aliphatic heterocycles. The summed E-state index contributed by atoms with van der Waals surface area (Å²) in [4.78, 5) is 62.0. The molecule has 2 amide bonds. The summed E-state index contributed by atoms with van der Waals surface area (Å²) in [5.41, 5.74) is 0.688. The quantitative estimate of drug-likeness (QED) is 0.0391. The number of nitrogens with zero attached hydrogens (tertiary/aromatic N) is 4. The van der Waals surface area contributed by atoms with E-state index in [-0.39, 0.29) is 36.3 Å². The fourth-order valence-corrected chi connectivity index (χ4v) is 12.6. The van der Waals surface area contributed by atoms with E-state index in [0.717, 1.165) is 16.7 Å². The molecule has 0 spiro atoms. The molecule has 2 aliphatic rings. The van der Waals surface area contributed by atoms with Gasteiger partial charge in [0, 0.05) is 43.0 Å². The first-order chi connectivity index (χ1) is 38.8. The molecule has 2 N–H and O–H groups in total. The van der Waals surface area contributed by atoms with Crippen molar-refractivity contribution in [3.8, 4) is 11.5 Å². The fraction of sp³-hybridized carbons (Fsp3) is 0.333. The molecule has 0 aliphatic carbocycles. The lowest BCUT2D eigenvalue weighted by molar-refractivity contribution is -0.0922. The molecule has 0 saturated carbocycles. The second-order valence-electron chi connectivity index (χ2n) is 21.3. The maximum atomic E-state index is 13.9. The number of methoxy groups -OCH3 is 2. The van der Waals surface area contributed by atoms with Crippen molar-refractivity contribution < 1.29 is 46.7 Å². The number of hydrogen-bond acceptors (Lipinski definition) is 15. The number of benzene rings is 5. The van der Waals surface area contributed by atoms with Crippen LogP contribution in [0.2, 0.25) is 18.1 Å². The lowest BCUT2D eigenvalue weighted by Gasteiger charge is -2.39. The van der Waals surface area contributed by atoms with Gasteiger partial charge in [0.1, 0.15) is 53.4 Å². The van der Waals surface area contributed by atoms with Crippen LogP contribution < -0.4 is 31.5 Å². The van der Waals surface area contributed by atoms with E-state index in [4.69, 9.17) is 49.0 Å². The zero-order valence-electron chi connectivity index (χ0n) is 46.4. The largest absolute Gasteiger partial charge is 0.497 e. The highest BCUT2D eigenvalue weighted by atomic mass is 32.5. The second-order valence-corrected chi connectivity index (χ2v) is 30.1. The lowest BCUT2D eigenvalue weighted by atomic mass is 9.80. The molecule has 21 heteroatoms. The first kappa shape index (κ1) is 58.7. The lowest BCUT2D eigenvalue weighted by Crippen LogP contribution is -2.46. The predicted molar refractivity (Wildman–Crippen MR) is 314 cm³/mol. The predicted octanol–water partition coefficient (Wildman–Crippen LogP) is 10.3. The van der Waals surface area contributed by atoms with Gasteiger partial charge in [0.2, 0.25) is 0 Å². The number of carbonyl (C=O) groups is 2. The molecule has 81 heavy (non-hydrogen) atoms. The normalized spacial score (nSPS) is 20.0. The zero-order valence-corrected chi connectivity index (χ0v) is 49.1. The molecule has 0 radical (unpaired) electrons. The Morgan fingerprint density at radius 1 is 0.630 bits per heavy atom. The Morgan fingerprint density at radius 3 is 1.48 bits per heavy atom. The van der Waals surface area contributed by atoms with Crippen molar-refractivity contribution in [2.24, 2.45) is 0 Å². The van der Waals surface area contributed by atoms with E-state index in [1.54, 1.807) is 87.7 Å². The first-order valence-corrected chi connectivity index (χ1v) is 32.5. The van der Waals surface area contributed by atoms with Crippen LogP contribution in [-0.4, -0.2) is 97.7 Å². The third kappa shape index (κ3) is 13.7. The van der Waals surface area contributed by atoms with Crippen LogP contribution in [-0.2, 0) is 45.1 Å². The Balaban J connectivity index is 1.00. The van der Waals surface area contributed by atoms with Gasteiger partial charge >= 0.3 is 11.4 Å². The summed E-state index contributed by atoms with van der Waals surface area (Å²) in [7, 11) is 0.779. The van der Waals surface area contributed by atoms with Crippen molar-refractivity contribution in [2.75, 3.05) is 44.7 Å².